The van der Waals surface area contributed by atoms with Gasteiger partial charge >= 0.3 is 0 Å². The third-order valence-electron chi connectivity index (χ3n) is 3.80. The normalized spacial score (nSPS) is 20.3. The first kappa shape index (κ1) is 13.5. The van der Waals surface area contributed by atoms with E-state index in [0.29, 0.717) is 6.04 Å². The van der Waals surface area contributed by atoms with Crippen LogP contribution in [0.3, 0.4) is 0 Å². The molecule has 1 aliphatic rings. The topological polar surface area (TPSA) is 15.3 Å². The van der Waals surface area contributed by atoms with E-state index < -0.39 is 0 Å². The number of benzene rings is 1. The maximum Gasteiger partial charge on any atom is 0.126 e. The molecule has 0 saturated carbocycles. The van der Waals surface area contributed by atoms with Crippen molar-refractivity contribution < 1.29 is 4.39 Å². The molecule has 2 rings (SSSR count). The fraction of sp³-hybridized carbons (Fsp3) is 0.600. The number of hydrogen-bond donors (Lipinski definition) is 1. The van der Waals surface area contributed by atoms with Crippen molar-refractivity contribution in [2.45, 2.75) is 39.3 Å². The van der Waals surface area contributed by atoms with E-state index in [1.54, 1.807) is 6.07 Å². The van der Waals surface area contributed by atoms with Crippen molar-refractivity contribution in [1.82, 2.24) is 10.2 Å². The average Bonchev–Trinajstić information content (AvgIpc) is 2.41. The van der Waals surface area contributed by atoms with Crippen LogP contribution in [-0.4, -0.2) is 30.6 Å². The number of rotatable bonds is 4. The second kappa shape index (κ2) is 6.30. The molecule has 0 radical (unpaired) electrons. The Morgan fingerprint density at radius 1 is 1.44 bits per heavy atom. The number of aryl methyl sites for hydroxylation is 1. The zero-order chi connectivity index (χ0) is 13.0. The second-order valence-corrected chi connectivity index (χ2v) is 5.15. The van der Waals surface area contributed by atoms with Gasteiger partial charge < -0.3 is 5.32 Å². The average molecular weight is 250 g/mol. The van der Waals surface area contributed by atoms with Crippen LogP contribution in [0.25, 0.3) is 0 Å². The van der Waals surface area contributed by atoms with Crippen molar-refractivity contribution >= 4 is 0 Å². The van der Waals surface area contributed by atoms with Crippen LogP contribution in [0.1, 0.15) is 30.9 Å². The van der Waals surface area contributed by atoms with Crippen molar-refractivity contribution in [3.63, 3.8) is 0 Å². The summed E-state index contributed by atoms with van der Waals surface area (Å²) in [6.45, 7) is 8.22. The van der Waals surface area contributed by atoms with Crippen LogP contribution in [0.4, 0.5) is 4.39 Å². The zero-order valence-corrected chi connectivity index (χ0v) is 11.4. The van der Waals surface area contributed by atoms with Crippen LogP contribution in [-0.2, 0) is 6.54 Å². The molecule has 1 saturated heterocycles. The van der Waals surface area contributed by atoms with Crippen molar-refractivity contribution in [2.24, 2.45) is 0 Å². The van der Waals surface area contributed by atoms with Gasteiger partial charge in [0.15, 0.2) is 0 Å². The van der Waals surface area contributed by atoms with E-state index in [0.717, 1.165) is 31.7 Å². The molecule has 1 fully saturated rings. The lowest BCUT2D eigenvalue weighted by atomic mass is 10.0. The van der Waals surface area contributed by atoms with Gasteiger partial charge in [-0.1, -0.05) is 19.1 Å². The molecule has 1 unspecified atom stereocenters. The van der Waals surface area contributed by atoms with E-state index >= 15 is 0 Å². The summed E-state index contributed by atoms with van der Waals surface area (Å²) in [6.07, 6.45) is 2.52. The monoisotopic (exact) mass is 250 g/mol. The van der Waals surface area contributed by atoms with E-state index in [4.69, 9.17) is 0 Å². The Bertz CT molecular complexity index is 386. The summed E-state index contributed by atoms with van der Waals surface area (Å²) in [5, 5.41) is 3.45. The van der Waals surface area contributed by atoms with Gasteiger partial charge in [-0.2, -0.15) is 0 Å². The first-order valence-electron chi connectivity index (χ1n) is 6.90. The predicted molar refractivity (Wildman–Crippen MR) is 73.1 cm³/mol. The summed E-state index contributed by atoms with van der Waals surface area (Å²) in [6, 6.07) is 6.07. The van der Waals surface area contributed by atoms with Gasteiger partial charge in [-0.15, -0.1) is 0 Å². The Hall–Kier alpha value is -0.930. The molecule has 100 valence electrons. The number of halogens is 1. The maximum atomic E-state index is 13.2. The van der Waals surface area contributed by atoms with Gasteiger partial charge in [-0.05, 0) is 50.0 Å². The van der Waals surface area contributed by atoms with E-state index in [-0.39, 0.29) is 5.82 Å². The molecule has 1 aromatic carbocycles. The number of nitrogens with zero attached hydrogens (tertiary/aromatic N) is 1. The summed E-state index contributed by atoms with van der Waals surface area (Å²) in [4.78, 5) is 2.48. The van der Waals surface area contributed by atoms with Crippen LogP contribution in [0, 0.1) is 12.7 Å². The highest BCUT2D eigenvalue weighted by Crippen LogP contribution is 2.16. The Morgan fingerprint density at radius 2 is 2.28 bits per heavy atom. The fourth-order valence-electron chi connectivity index (χ4n) is 2.68. The van der Waals surface area contributed by atoms with E-state index in [2.05, 4.69) is 17.1 Å². The molecular formula is C15H23FN2. The van der Waals surface area contributed by atoms with E-state index in [1.165, 1.54) is 18.4 Å². The standard InChI is InChI=1S/C15H23FN2/c1-3-18(14-5-4-8-17-10-14)11-13-6-7-15(16)12(2)9-13/h6-7,9,14,17H,3-5,8,10-11H2,1-2H3. The summed E-state index contributed by atoms with van der Waals surface area (Å²) < 4.78 is 13.2. The van der Waals surface area contributed by atoms with Crippen molar-refractivity contribution in [3.8, 4) is 0 Å². The lowest BCUT2D eigenvalue weighted by molar-refractivity contribution is 0.166. The molecular weight excluding hydrogens is 227 g/mol. The van der Waals surface area contributed by atoms with Gasteiger partial charge in [0.2, 0.25) is 0 Å². The minimum absolute atomic E-state index is 0.110. The Balaban J connectivity index is 2.02. The molecule has 0 aliphatic carbocycles. The molecule has 1 aromatic rings. The largest absolute Gasteiger partial charge is 0.315 e. The molecule has 1 atom stereocenters. The van der Waals surface area contributed by atoms with Crippen LogP contribution in [0.2, 0.25) is 0 Å². The molecule has 0 spiro atoms. The first-order chi connectivity index (χ1) is 8.70. The summed E-state index contributed by atoms with van der Waals surface area (Å²) >= 11 is 0. The van der Waals surface area contributed by atoms with Gasteiger partial charge in [0.05, 0.1) is 0 Å². The van der Waals surface area contributed by atoms with Crippen LogP contribution >= 0.6 is 0 Å². The Labute approximate surface area is 109 Å². The number of hydrogen-bond acceptors (Lipinski definition) is 2. The summed E-state index contributed by atoms with van der Waals surface area (Å²) in [5.41, 5.74) is 1.95. The van der Waals surface area contributed by atoms with Gasteiger partial charge in [0.1, 0.15) is 5.82 Å². The molecule has 1 heterocycles. The minimum atomic E-state index is -0.110. The number of piperidine rings is 1. The van der Waals surface area contributed by atoms with E-state index in [1.807, 2.05) is 19.1 Å². The molecule has 0 aromatic heterocycles. The van der Waals surface area contributed by atoms with Crippen LogP contribution in [0.15, 0.2) is 18.2 Å². The minimum Gasteiger partial charge on any atom is -0.315 e. The third kappa shape index (κ3) is 3.30. The highest BCUT2D eigenvalue weighted by atomic mass is 19.1. The van der Waals surface area contributed by atoms with Crippen molar-refractivity contribution in [1.29, 1.82) is 0 Å². The first-order valence-corrected chi connectivity index (χ1v) is 6.90. The quantitative estimate of drug-likeness (QED) is 0.884. The third-order valence-corrected chi connectivity index (χ3v) is 3.80. The van der Waals surface area contributed by atoms with E-state index in [9.17, 15) is 4.39 Å². The maximum absolute atomic E-state index is 13.2. The number of likely N-dealkylation sites (N-methyl/N-ethyl adjacent to an activating group) is 1. The molecule has 2 nitrogen and oxygen atoms in total. The second-order valence-electron chi connectivity index (χ2n) is 5.15. The molecule has 0 bridgehead atoms. The SMILES string of the molecule is CCN(Cc1ccc(F)c(C)c1)C1CCCNC1. The van der Waals surface area contributed by atoms with Gasteiger partial charge in [0.25, 0.3) is 0 Å². The van der Waals surface area contributed by atoms with Gasteiger partial charge in [-0.25, -0.2) is 4.39 Å². The molecule has 1 N–H and O–H groups in total. The molecule has 0 amide bonds. The van der Waals surface area contributed by atoms with Gasteiger partial charge in [0, 0.05) is 19.1 Å². The highest BCUT2D eigenvalue weighted by molar-refractivity contribution is 5.23. The predicted octanol–water partition coefficient (Wildman–Crippen LogP) is 2.71. The molecule has 18 heavy (non-hydrogen) atoms. The summed E-state index contributed by atoms with van der Waals surface area (Å²) in [5.74, 6) is -0.110. The summed E-state index contributed by atoms with van der Waals surface area (Å²) in [7, 11) is 0. The highest BCUT2D eigenvalue weighted by Gasteiger charge is 2.19. The number of nitrogens with one attached hydrogen (secondary N) is 1. The fourth-order valence-corrected chi connectivity index (χ4v) is 2.68. The lowest BCUT2D eigenvalue weighted by Crippen LogP contribution is -2.45. The van der Waals surface area contributed by atoms with Crippen molar-refractivity contribution in [2.75, 3.05) is 19.6 Å². The smallest absolute Gasteiger partial charge is 0.126 e. The lowest BCUT2D eigenvalue weighted by Gasteiger charge is -2.34. The van der Waals surface area contributed by atoms with Crippen LogP contribution in [0.5, 0.6) is 0 Å². The van der Waals surface area contributed by atoms with Crippen LogP contribution < -0.4 is 5.32 Å². The van der Waals surface area contributed by atoms with Crippen molar-refractivity contribution in [3.05, 3.63) is 35.1 Å². The van der Waals surface area contributed by atoms with Gasteiger partial charge in [-0.3, -0.25) is 4.90 Å². The molecule has 1 aliphatic heterocycles. The Morgan fingerprint density at radius 3 is 2.89 bits per heavy atom. The zero-order valence-electron chi connectivity index (χ0n) is 11.4. The molecule has 3 heteroatoms. The Kier molecular flexibility index (Phi) is 4.72.